The Labute approximate surface area is 358 Å². The number of aromatic nitrogens is 3. The number of nitrogens with zero attached hydrogens (tertiary/aromatic N) is 3. The van der Waals surface area contributed by atoms with Crippen molar-refractivity contribution in [2.45, 2.75) is 5.41 Å². The zero-order valence-corrected chi connectivity index (χ0v) is 33.5. The van der Waals surface area contributed by atoms with Crippen molar-refractivity contribution < 1.29 is 4.42 Å². The van der Waals surface area contributed by atoms with Gasteiger partial charge in [0.25, 0.3) is 0 Å². The van der Waals surface area contributed by atoms with Crippen LogP contribution in [0.25, 0.3) is 101 Å². The molecule has 13 rings (SSSR count). The average molecular weight is 790 g/mol. The average Bonchev–Trinajstić information content (AvgIpc) is 3.99. The molecule has 0 radical (unpaired) electrons. The standard InChI is InChI=1S/C58H35N3O/c1-2-18-36(19-3-1)55-59-56(61-57(60-55)48-27-7-5-21-38(48)45-30-17-31-46-42-25-11-15-35-52(42)62-54(45)46)47-26-6-4-20-37(47)43-28-16-29-44-41-24-10-14-34-51(41)58(53(43)44)49-32-12-8-22-39(49)40-23-9-13-33-50(40)58/h1-35H. The van der Waals surface area contributed by atoms with Crippen LogP contribution in [0.4, 0.5) is 0 Å². The van der Waals surface area contributed by atoms with E-state index in [1.807, 2.05) is 30.3 Å². The van der Waals surface area contributed by atoms with Crippen LogP contribution in [0.5, 0.6) is 0 Å². The Morgan fingerprint density at radius 3 is 1.32 bits per heavy atom. The van der Waals surface area contributed by atoms with Crippen molar-refractivity contribution in [2.24, 2.45) is 0 Å². The minimum Gasteiger partial charge on any atom is -0.455 e. The summed E-state index contributed by atoms with van der Waals surface area (Å²) in [6, 6.07) is 75.5. The van der Waals surface area contributed by atoms with Crippen LogP contribution >= 0.6 is 0 Å². The van der Waals surface area contributed by atoms with Crippen molar-refractivity contribution in [2.75, 3.05) is 0 Å². The summed E-state index contributed by atoms with van der Waals surface area (Å²) in [6.45, 7) is 0. The first-order valence-corrected chi connectivity index (χ1v) is 21.1. The zero-order valence-electron chi connectivity index (χ0n) is 33.5. The fraction of sp³-hybridized carbons (Fsp3) is 0.0172. The summed E-state index contributed by atoms with van der Waals surface area (Å²) in [5.74, 6) is 1.81. The molecule has 0 amide bonds. The molecule has 288 valence electrons. The third-order valence-corrected chi connectivity index (χ3v) is 13.0. The molecule has 2 aliphatic rings. The lowest BCUT2D eigenvalue weighted by Crippen LogP contribution is -2.26. The fourth-order valence-electron chi connectivity index (χ4n) is 10.5. The molecule has 0 fully saturated rings. The van der Waals surface area contributed by atoms with Gasteiger partial charge in [-0.15, -0.1) is 0 Å². The first-order valence-electron chi connectivity index (χ1n) is 21.1. The lowest BCUT2D eigenvalue weighted by atomic mass is 9.68. The number of benzene rings is 9. The predicted octanol–water partition coefficient (Wildman–Crippen LogP) is 14.4. The van der Waals surface area contributed by atoms with Gasteiger partial charge in [-0.2, -0.15) is 0 Å². The Morgan fingerprint density at radius 2 is 0.694 bits per heavy atom. The minimum absolute atomic E-state index is 0.515. The molecule has 4 heteroatoms. The van der Waals surface area contributed by atoms with Gasteiger partial charge < -0.3 is 4.42 Å². The van der Waals surface area contributed by atoms with Crippen molar-refractivity contribution in [1.29, 1.82) is 0 Å². The Morgan fingerprint density at radius 1 is 0.290 bits per heavy atom. The Bertz CT molecular complexity index is 3540. The monoisotopic (exact) mass is 789 g/mol. The second-order valence-corrected chi connectivity index (χ2v) is 16.2. The molecule has 9 aromatic carbocycles. The van der Waals surface area contributed by atoms with E-state index in [1.54, 1.807) is 0 Å². The van der Waals surface area contributed by atoms with Gasteiger partial charge in [-0.05, 0) is 67.3 Å². The second-order valence-electron chi connectivity index (χ2n) is 16.2. The molecule has 0 saturated carbocycles. The quantitative estimate of drug-likeness (QED) is 0.174. The van der Waals surface area contributed by atoms with Crippen molar-refractivity contribution in [1.82, 2.24) is 15.0 Å². The molecule has 2 heterocycles. The van der Waals surface area contributed by atoms with Crippen LogP contribution < -0.4 is 0 Å². The van der Waals surface area contributed by atoms with Gasteiger partial charge in [0.05, 0.1) is 5.41 Å². The summed E-state index contributed by atoms with van der Waals surface area (Å²) in [7, 11) is 0. The van der Waals surface area contributed by atoms with Crippen molar-refractivity contribution in [3.8, 4) is 78.7 Å². The Kier molecular flexibility index (Phi) is 7.49. The van der Waals surface area contributed by atoms with Crippen molar-refractivity contribution in [3.63, 3.8) is 0 Å². The van der Waals surface area contributed by atoms with Gasteiger partial charge in [-0.25, -0.2) is 15.0 Å². The lowest BCUT2D eigenvalue weighted by Gasteiger charge is -2.32. The van der Waals surface area contributed by atoms with E-state index in [2.05, 4.69) is 182 Å². The van der Waals surface area contributed by atoms with Crippen molar-refractivity contribution in [3.05, 3.63) is 235 Å². The molecule has 0 atom stereocenters. The molecule has 0 N–H and O–H groups in total. The number of fused-ring (bicyclic) bond motifs is 13. The van der Waals surface area contributed by atoms with Gasteiger partial charge in [0.2, 0.25) is 0 Å². The normalized spacial score (nSPS) is 13.0. The van der Waals surface area contributed by atoms with Crippen LogP contribution in [0.15, 0.2) is 217 Å². The third-order valence-electron chi connectivity index (χ3n) is 13.0. The molecule has 1 spiro atoms. The van der Waals surface area contributed by atoms with E-state index in [0.717, 1.165) is 60.9 Å². The molecule has 0 bridgehead atoms. The molecule has 2 aliphatic carbocycles. The predicted molar refractivity (Wildman–Crippen MR) is 251 cm³/mol. The molecule has 0 aliphatic heterocycles. The largest absolute Gasteiger partial charge is 0.455 e. The highest BCUT2D eigenvalue weighted by Crippen LogP contribution is 2.64. The topological polar surface area (TPSA) is 51.8 Å². The van der Waals surface area contributed by atoms with Gasteiger partial charge in [-0.1, -0.05) is 206 Å². The van der Waals surface area contributed by atoms with E-state index < -0.39 is 5.41 Å². The van der Waals surface area contributed by atoms with E-state index in [-0.39, 0.29) is 0 Å². The van der Waals surface area contributed by atoms with Crippen LogP contribution in [-0.2, 0) is 5.41 Å². The molecular formula is C58H35N3O. The molecule has 62 heavy (non-hydrogen) atoms. The van der Waals surface area contributed by atoms with Gasteiger partial charge in [0, 0.05) is 33.0 Å². The summed E-state index contributed by atoms with van der Waals surface area (Å²) < 4.78 is 6.57. The minimum atomic E-state index is -0.515. The van der Waals surface area contributed by atoms with Gasteiger partial charge in [0.1, 0.15) is 11.2 Å². The van der Waals surface area contributed by atoms with Crippen LogP contribution in [0.1, 0.15) is 22.3 Å². The number of furan rings is 1. The summed E-state index contributed by atoms with van der Waals surface area (Å²) in [6.07, 6.45) is 0. The number of hydrogen-bond acceptors (Lipinski definition) is 4. The maximum Gasteiger partial charge on any atom is 0.164 e. The maximum absolute atomic E-state index is 6.57. The summed E-state index contributed by atoms with van der Waals surface area (Å²) >= 11 is 0. The van der Waals surface area contributed by atoms with Gasteiger partial charge >= 0.3 is 0 Å². The smallest absolute Gasteiger partial charge is 0.164 e. The summed E-state index contributed by atoms with van der Waals surface area (Å²) in [4.78, 5) is 16.0. The first-order chi connectivity index (χ1) is 30.8. The van der Waals surface area contributed by atoms with E-state index in [9.17, 15) is 0 Å². The first kappa shape index (κ1) is 34.6. The van der Waals surface area contributed by atoms with Gasteiger partial charge in [-0.3, -0.25) is 0 Å². The molecule has 4 nitrogen and oxygen atoms in total. The molecule has 11 aromatic rings. The number of hydrogen-bond donors (Lipinski definition) is 0. The second kappa shape index (κ2) is 13.4. The van der Waals surface area contributed by atoms with E-state index >= 15 is 0 Å². The fourth-order valence-corrected chi connectivity index (χ4v) is 10.5. The molecule has 0 saturated heterocycles. The van der Waals surface area contributed by atoms with Crippen LogP contribution in [0, 0.1) is 0 Å². The van der Waals surface area contributed by atoms with Crippen molar-refractivity contribution >= 4 is 21.9 Å². The van der Waals surface area contributed by atoms with Crippen LogP contribution in [-0.4, -0.2) is 15.0 Å². The van der Waals surface area contributed by atoms with E-state index in [1.165, 1.54) is 44.5 Å². The Balaban J connectivity index is 1.06. The SMILES string of the molecule is c1ccc(-c2nc(-c3ccccc3-c3cccc4c3C3(c5ccccc5-c5ccccc53)c3ccccc3-4)nc(-c3ccccc3-c3cccc4c3oc3ccccc34)n2)cc1. The molecule has 2 aromatic heterocycles. The molecular weight excluding hydrogens is 755 g/mol. The highest BCUT2D eigenvalue weighted by molar-refractivity contribution is 6.10. The van der Waals surface area contributed by atoms with Gasteiger partial charge in [0.15, 0.2) is 17.5 Å². The van der Waals surface area contributed by atoms with Crippen LogP contribution in [0.2, 0.25) is 0 Å². The highest BCUT2D eigenvalue weighted by Gasteiger charge is 2.52. The van der Waals surface area contributed by atoms with E-state index in [0.29, 0.717) is 17.5 Å². The third kappa shape index (κ3) is 4.86. The summed E-state index contributed by atoms with van der Waals surface area (Å²) in [5.41, 5.74) is 18.4. The Hall–Kier alpha value is -8.21. The zero-order chi connectivity index (χ0) is 40.8. The number of para-hydroxylation sites is 2. The highest BCUT2D eigenvalue weighted by atomic mass is 16.3. The number of rotatable bonds is 5. The maximum atomic E-state index is 6.57. The lowest BCUT2D eigenvalue weighted by molar-refractivity contribution is 0.670. The van der Waals surface area contributed by atoms with Crippen LogP contribution in [0.3, 0.4) is 0 Å². The van der Waals surface area contributed by atoms with E-state index in [4.69, 9.17) is 19.4 Å². The molecule has 0 unspecified atom stereocenters. The summed E-state index contributed by atoms with van der Waals surface area (Å²) in [5, 5.41) is 2.17.